The van der Waals surface area contributed by atoms with Crippen molar-refractivity contribution in [3.05, 3.63) is 69.5 Å². The van der Waals surface area contributed by atoms with Crippen molar-refractivity contribution in [3.63, 3.8) is 0 Å². The van der Waals surface area contributed by atoms with Gasteiger partial charge in [0.2, 0.25) is 0 Å². The van der Waals surface area contributed by atoms with Gasteiger partial charge in [0.05, 0.1) is 17.2 Å². The number of carbonyl (C=O) groups excluding carboxylic acids is 1. The lowest BCUT2D eigenvalue weighted by Crippen LogP contribution is -2.13. The fourth-order valence-corrected chi connectivity index (χ4v) is 1.89. The fraction of sp³-hybridized carbons (Fsp3) is 0.133. The van der Waals surface area contributed by atoms with Crippen LogP contribution in [-0.2, 0) is 11.3 Å². The molecule has 0 fully saturated rings. The van der Waals surface area contributed by atoms with Gasteiger partial charge in [-0.3, -0.25) is 14.9 Å². The number of hydrogen-bond donors (Lipinski definition) is 1. The number of nitro groups is 1. The molecule has 1 amide bonds. The molecule has 0 saturated heterocycles. The number of nitrogens with one attached hydrogen (secondary N) is 1. The average Bonchev–Trinajstić information content (AvgIpc) is 2.50. The van der Waals surface area contributed by atoms with Crippen LogP contribution in [0.3, 0.4) is 0 Å². The van der Waals surface area contributed by atoms with Gasteiger partial charge in [0.15, 0.2) is 0 Å². The van der Waals surface area contributed by atoms with E-state index in [0.29, 0.717) is 12.2 Å². The van der Waals surface area contributed by atoms with Gasteiger partial charge in [-0.2, -0.15) is 0 Å². The Bertz CT molecular complexity index is 718. The minimum Gasteiger partial charge on any atom is -0.380 e. The molecular formula is C15H13FN2O4. The van der Waals surface area contributed by atoms with E-state index in [0.717, 1.165) is 23.8 Å². The molecule has 0 aromatic heterocycles. The van der Waals surface area contributed by atoms with Crippen molar-refractivity contribution in [2.45, 2.75) is 6.61 Å². The van der Waals surface area contributed by atoms with E-state index in [-0.39, 0.29) is 11.4 Å². The summed E-state index contributed by atoms with van der Waals surface area (Å²) < 4.78 is 18.6. The van der Waals surface area contributed by atoms with E-state index < -0.39 is 16.6 Å². The topological polar surface area (TPSA) is 81.5 Å². The second kappa shape index (κ2) is 6.77. The number of rotatable bonds is 5. The number of anilines is 1. The minimum absolute atomic E-state index is 0.239. The minimum atomic E-state index is -0.744. The van der Waals surface area contributed by atoms with Crippen LogP contribution in [0, 0.1) is 15.9 Å². The van der Waals surface area contributed by atoms with Crippen LogP contribution < -0.4 is 5.32 Å². The Balaban J connectivity index is 2.23. The second-order valence-electron chi connectivity index (χ2n) is 4.51. The zero-order valence-electron chi connectivity index (χ0n) is 11.7. The van der Waals surface area contributed by atoms with Crippen molar-refractivity contribution in [2.24, 2.45) is 0 Å². The van der Waals surface area contributed by atoms with Gasteiger partial charge in [0.25, 0.3) is 11.6 Å². The fourth-order valence-electron chi connectivity index (χ4n) is 1.89. The van der Waals surface area contributed by atoms with Crippen molar-refractivity contribution < 1.29 is 18.8 Å². The van der Waals surface area contributed by atoms with Crippen LogP contribution >= 0.6 is 0 Å². The predicted molar refractivity (Wildman–Crippen MR) is 78.2 cm³/mol. The third-order valence-corrected chi connectivity index (χ3v) is 2.91. The zero-order chi connectivity index (χ0) is 16.1. The molecule has 0 aliphatic carbocycles. The number of amides is 1. The van der Waals surface area contributed by atoms with Crippen LogP contribution in [-0.4, -0.2) is 17.9 Å². The molecule has 0 aliphatic heterocycles. The van der Waals surface area contributed by atoms with Crippen LogP contribution in [0.5, 0.6) is 0 Å². The highest BCUT2D eigenvalue weighted by atomic mass is 19.1. The first-order valence-electron chi connectivity index (χ1n) is 6.34. The Kier molecular flexibility index (Phi) is 4.80. The van der Waals surface area contributed by atoms with Crippen molar-refractivity contribution in [1.29, 1.82) is 0 Å². The summed E-state index contributed by atoms with van der Waals surface area (Å²) in [5.74, 6) is -1.30. The third kappa shape index (κ3) is 3.64. The number of non-ortho nitro benzene ring substituents is 1. The van der Waals surface area contributed by atoms with Gasteiger partial charge in [-0.25, -0.2) is 4.39 Å². The Morgan fingerprint density at radius 3 is 2.77 bits per heavy atom. The quantitative estimate of drug-likeness (QED) is 0.679. The number of carbonyl (C=O) groups is 1. The molecule has 0 radical (unpaired) electrons. The predicted octanol–water partition coefficient (Wildman–Crippen LogP) is 3.13. The van der Waals surface area contributed by atoms with Gasteiger partial charge in [0.1, 0.15) is 5.82 Å². The van der Waals surface area contributed by atoms with Gasteiger partial charge < -0.3 is 10.1 Å². The maximum absolute atomic E-state index is 13.7. The molecule has 22 heavy (non-hydrogen) atoms. The molecule has 0 aliphatic rings. The monoisotopic (exact) mass is 304 g/mol. The Morgan fingerprint density at radius 2 is 2.09 bits per heavy atom. The van der Waals surface area contributed by atoms with Gasteiger partial charge in [0, 0.05) is 24.8 Å². The first-order valence-corrected chi connectivity index (χ1v) is 6.34. The van der Waals surface area contributed by atoms with Crippen LogP contribution in [0.25, 0.3) is 0 Å². The SMILES string of the molecule is COCc1cccc(C(=O)Nc2cc([N+](=O)[O-])ccc2F)c1. The van der Waals surface area contributed by atoms with Gasteiger partial charge >= 0.3 is 0 Å². The zero-order valence-corrected chi connectivity index (χ0v) is 11.7. The second-order valence-corrected chi connectivity index (χ2v) is 4.51. The molecule has 2 rings (SSSR count). The van der Waals surface area contributed by atoms with Crippen molar-refractivity contribution >= 4 is 17.3 Å². The molecule has 6 nitrogen and oxygen atoms in total. The summed E-state index contributed by atoms with van der Waals surface area (Å²) in [6, 6.07) is 9.57. The van der Waals surface area contributed by atoms with E-state index in [9.17, 15) is 19.3 Å². The van der Waals surface area contributed by atoms with Crippen LogP contribution in [0.1, 0.15) is 15.9 Å². The highest BCUT2D eigenvalue weighted by molar-refractivity contribution is 6.04. The third-order valence-electron chi connectivity index (χ3n) is 2.91. The number of halogens is 1. The van der Waals surface area contributed by atoms with E-state index in [1.807, 2.05) is 0 Å². The lowest BCUT2D eigenvalue weighted by molar-refractivity contribution is -0.384. The molecule has 1 N–H and O–H groups in total. The number of methoxy groups -OCH3 is 1. The molecule has 0 saturated carbocycles. The van der Waals surface area contributed by atoms with Crippen LogP contribution in [0.15, 0.2) is 42.5 Å². The highest BCUT2D eigenvalue weighted by Crippen LogP contribution is 2.22. The number of ether oxygens (including phenoxy) is 1. The van der Waals surface area contributed by atoms with Crippen LogP contribution in [0.4, 0.5) is 15.8 Å². The average molecular weight is 304 g/mol. The molecule has 7 heteroatoms. The van der Waals surface area contributed by atoms with E-state index in [2.05, 4.69) is 5.32 Å². The number of nitrogens with zero attached hydrogens (tertiary/aromatic N) is 1. The summed E-state index contributed by atoms with van der Waals surface area (Å²) in [4.78, 5) is 22.2. The molecule has 114 valence electrons. The lowest BCUT2D eigenvalue weighted by Gasteiger charge is -2.07. The van der Waals surface area contributed by atoms with Crippen molar-refractivity contribution in [2.75, 3.05) is 12.4 Å². The maximum Gasteiger partial charge on any atom is 0.271 e. The first kappa shape index (κ1) is 15.6. The molecule has 2 aromatic rings. The summed E-state index contributed by atoms with van der Waals surface area (Å²) in [7, 11) is 1.53. The molecule has 0 atom stereocenters. The largest absolute Gasteiger partial charge is 0.380 e. The Morgan fingerprint density at radius 1 is 1.32 bits per heavy atom. The van der Waals surface area contributed by atoms with E-state index >= 15 is 0 Å². The summed E-state index contributed by atoms with van der Waals surface area (Å²) in [6.45, 7) is 0.340. The number of benzene rings is 2. The smallest absolute Gasteiger partial charge is 0.271 e. The molecule has 2 aromatic carbocycles. The summed E-state index contributed by atoms with van der Waals surface area (Å²) in [5, 5.41) is 13.0. The maximum atomic E-state index is 13.7. The molecular weight excluding hydrogens is 291 g/mol. The highest BCUT2D eigenvalue weighted by Gasteiger charge is 2.14. The van der Waals surface area contributed by atoms with E-state index in [4.69, 9.17) is 4.74 Å². The summed E-state index contributed by atoms with van der Waals surface area (Å²) >= 11 is 0. The normalized spacial score (nSPS) is 10.3. The molecule has 0 unspecified atom stereocenters. The summed E-state index contributed by atoms with van der Waals surface area (Å²) in [5.41, 5.74) is 0.552. The molecule has 0 spiro atoms. The summed E-state index contributed by atoms with van der Waals surface area (Å²) in [6.07, 6.45) is 0. The first-order chi connectivity index (χ1) is 10.5. The Labute approximate surface area is 125 Å². The molecule has 0 heterocycles. The van der Waals surface area contributed by atoms with Gasteiger partial charge in [-0.15, -0.1) is 0 Å². The number of hydrogen-bond acceptors (Lipinski definition) is 4. The van der Waals surface area contributed by atoms with Crippen molar-refractivity contribution in [1.82, 2.24) is 0 Å². The van der Waals surface area contributed by atoms with Crippen LogP contribution in [0.2, 0.25) is 0 Å². The Hall–Kier alpha value is -2.80. The van der Waals surface area contributed by atoms with E-state index in [1.54, 1.807) is 24.3 Å². The standard InChI is InChI=1S/C15H13FN2O4/c1-22-9-10-3-2-4-11(7-10)15(19)17-14-8-12(18(20)21)5-6-13(14)16/h2-8H,9H2,1H3,(H,17,19). The van der Waals surface area contributed by atoms with Gasteiger partial charge in [-0.05, 0) is 23.8 Å². The van der Waals surface area contributed by atoms with Crippen molar-refractivity contribution in [3.8, 4) is 0 Å². The van der Waals surface area contributed by atoms with E-state index in [1.165, 1.54) is 7.11 Å². The molecule has 0 bridgehead atoms. The number of nitro benzene ring substituents is 1. The lowest BCUT2D eigenvalue weighted by atomic mass is 10.1. The van der Waals surface area contributed by atoms with Gasteiger partial charge in [-0.1, -0.05) is 12.1 Å².